The van der Waals surface area contributed by atoms with Crippen LogP contribution in [0.5, 0.6) is 0 Å². The maximum Gasteiger partial charge on any atom is 0.413 e. The second kappa shape index (κ2) is 9.59. The quantitative estimate of drug-likeness (QED) is 0.683. The van der Waals surface area contributed by atoms with E-state index in [9.17, 15) is 18.7 Å². The molecule has 12 heteroatoms. The molecule has 1 aliphatic heterocycles. The van der Waals surface area contributed by atoms with Crippen molar-refractivity contribution in [2.45, 2.75) is 50.7 Å². The van der Waals surface area contributed by atoms with Crippen molar-refractivity contribution in [2.24, 2.45) is 0 Å². The van der Waals surface area contributed by atoms with Crippen LogP contribution in [0.15, 0.2) is 11.4 Å². The van der Waals surface area contributed by atoms with Crippen LogP contribution in [0.25, 0.3) is 10.8 Å². The number of ether oxygens (including phenoxy) is 2. The monoisotopic (exact) mass is 469 g/mol. The number of carbonyl (C=O) groups excluding carboxylic acids is 1. The topological polar surface area (TPSA) is 110 Å². The van der Waals surface area contributed by atoms with Gasteiger partial charge in [-0.05, 0) is 19.8 Å². The van der Waals surface area contributed by atoms with Crippen molar-refractivity contribution in [2.75, 3.05) is 36.5 Å². The summed E-state index contributed by atoms with van der Waals surface area (Å²) in [5.41, 5.74) is 0.508. The Bertz CT molecular complexity index is 942. The third kappa shape index (κ3) is 5.67. The summed E-state index contributed by atoms with van der Waals surface area (Å²) in [4.78, 5) is 27.8. The lowest BCUT2D eigenvalue weighted by Gasteiger charge is -2.28. The first-order valence-electron chi connectivity index (χ1n) is 10.5. The van der Waals surface area contributed by atoms with Gasteiger partial charge in [-0.3, -0.25) is 5.32 Å². The molecule has 2 aromatic rings. The normalized spacial score (nSPS) is 20.1. The molecule has 1 saturated heterocycles. The number of aromatic nitrogens is 3. The highest BCUT2D eigenvalue weighted by Gasteiger charge is 2.36. The molecule has 9 nitrogen and oxygen atoms in total. The molecule has 0 radical (unpaired) electrons. The molecule has 1 saturated carbocycles. The summed E-state index contributed by atoms with van der Waals surface area (Å²) >= 11 is 1.29. The van der Waals surface area contributed by atoms with E-state index >= 15 is 0 Å². The second-order valence-electron chi connectivity index (χ2n) is 7.87. The number of halogens is 2. The average Bonchev–Trinajstić information content (AvgIpc) is 3.26. The molecule has 32 heavy (non-hydrogen) atoms. The van der Waals surface area contributed by atoms with Crippen molar-refractivity contribution < 1.29 is 28.2 Å². The van der Waals surface area contributed by atoms with Crippen LogP contribution in [0, 0.1) is 0 Å². The third-order valence-electron chi connectivity index (χ3n) is 5.36. The van der Waals surface area contributed by atoms with E-state index in [0.717, 1.165) is 0 Å². The maximum atomic E-state index is 13.3. The van der Waals surface area contributed by atoms with Crippen molar-refractivity contribution in [1.29, 1.82) is 0 Å². The van der Waals surface area contributed by atoms with Crippen LogP contribution in [-0.2, 0) is 9.47 Å². The highest BCUT2D eigenvalue weighted by Crippen LogP contribution is 2.34. The van der Waals surface area contributed by atoms with Gasteiger partial charge >= 0.3 is 6.09 Å². The SMILES string of the molecule is CC(O)c1csc(-c2nc(NC(=O)OC3CCC(F)(F)CC3)cc(N3CCOCC3)n2)n1. The molecule has 0 spiro atoms. The van der Waals surface area contributed by atoms with E-state index in [1.54, 1.807) is 18.4 Å². The largest absolute Gasteiger partial charge is 0.446 e. The lowest BCUT2D eigenvalue weighted by Crippen LogP contribution is -2.37. The van der Waals surface area contributed by atoms with Crippen molar-refractivity contribution in [3.8, 4) is 10.8 Å². The molecule has 1 amide bonds. The summed E-state index contributed by atoms with van der Waals surface area (Å²) in [5, 5.41) is 14.6. The molecule has 0 aromatic carbocycles. The van der Waals surface area contributed by atoms with Crippen molar-refractivity contribution in [1.82, 2.24) is 15.0 Å². The number of thiazole rings is 1. The predicted octanol–water partition coefficient (Wildman–Crippen LogP) is 3.62. The standard InChI is InChI=1S/C20H25F2N5O4S/c1-12(28)14-11-32-18(23-14)17-24-15(10-16(26-17)27-6-8-30-9-7-27)25-19(29)31-13-2-4-20(21,22)5-3-13/h10-13,28H,2-9H2,1H3,(H,24,25,26,29). The molecule has 4 rings (SSSR count). The van der Waals surface area contributed by atoms with Crippen LogP contribution in [-0.4, -0.2) is 64.5 Å². The number of aliphatic hydroxyl groups excluding tert-OH is 1. The molecule has 2 N–H and O–H groups in total. The number of alkyl halides is 2. The molecule has 174 valence electrons. The summed E-state index contributed by atoms with van der Waals surface area (Å²) in [6.07, 6.45) is -2.37. The summed E-state index contributed by atoms with van der Waals surface area (Å²) in [6, 6.07) is 1.63. The number of nitrogens with zero attached hydrogens (tertiary/aromatic N) is 4. The first-order chi connectivity index (χ1) is 15.3. The van der Waals surface area contributed by atoms with Crippen LogP contribution in [0.1, 0.15) is 44.4 Å². The number of anilines is 2. The van der Waals surface area contributed by atoms with E-state index in [4.69, 9.17) is 9.47 Å². The fraction of sp³-hybridized carbons (Fsp3) is 0.600. The number of nitrogens with one attached hydrogen (secondary N) is 1. The molecule has 2 aromatic heterocycles. The Morgan fingerprint density at radius 2 is 2.03 bits per heavy atom. The number of amides is 1. The molecular formula is C20H25F2N5O4S. The van der Waals surface area contributed by atoms with Crippen LogP contribution < -0.4 is 10.2 Å². The molecule has 2 aliphatic rings. The van der Waals surface area contributed by atoms with Gasteiger partial charge in [0.25, 0.3) is 0 Å². The Hall–Kier alpha value is -2.44. The van der Waals surface area contributed by atoms with Crippen molar-refractivity contribution in [3.63, 3.8) is 0 Å². The van der Waals surface area contributed by atoms with E-state index in [0.29, 0.717) is 48.6 Å². The molecule has 2 fully saturated rings. The van der Waals surface area contributed by atoms with Crippen molar-refractivity contribution >= 4 is 29.1 Å². The highest BCUT2D eigenvalue weighted by atomic mass is 32.1. The molecule has 1 atom stereocenters. The number of hydrogen-bond donors (Lipinski definition) is 2. The summed E-state index contributed by atoms with van der Waals surface area (Å²) < 4.78 is 37.4. The first-order valence-corrected chi connectivity index (χ1v) is 11.4. The Balaban J connectivity index is 1.52. The summed E-state index contributed by atoms with van der Waals surface area (Å²) in [6.45, 7) is 3.99. The van der Waals surface area contributed by atoms with E-state index in [-0.39, 0.29) is 31.5 Å². The fourth-order valence-electron chi connectivity index (χ4n) is 3.55. The molecule has 1 unspecified atom stereocenters. The number of morpholine rings is 1. The Kier molecular flexibility index (Phi) is 6.82. The second-order valence-corrected chi connectivity index (χ2v) is 8.73. The number of hydrogen-bond acceptors (Lipinski definition) is 9. The van der Waals surface area contributed by atoms with Gasteiger partial charge in [-0.2, -0.15) is 0 Å². The smallest absolute Gasteiger partial charge is 0.413 e. The summed E-state index contributed by atoms with van der Waals surface area (Å²) in [7, 11) is 0. The Morgan fingerprint density at radius 3 is 2.69 bits per heavy atom. The molecule has 1 aliphatic carbocycles. The van der Waals surface area contributed by atoms with E-state index in [1.807, 2.05) is 4.90 Å². The van der Waals surface area contributed by atoms with Gasteiger partial charge < -0.3 is 19.5 Å². The lowest BCUT2D eigenvalue weighted by atomic mass is 9.94. The fourth-order valence-corrected chi connectivity index (χ4v) is 4.38. The van der Waals surface area contributed by atoms with E-state index in [1.165, 1.54) is 11.3 Å². The number of carbonyl (C=O) groups is 1. The zero-order valence-corrected chi connectivity index (χ0v) is 18.4. The van der Waals surface area contributed by atoms with Gasteiger partial charge in [-0.25, -0.2) is 28.5 Å². The average molecular weight is 470 g/mol. The third-order valence-corrected chi connectivity index (χ3v) is 6.21. The lowest BCUT2D eigenvalue weighted by molar-refractivity contribution is -0.0642. The van der Waals surface area contributed by atoms with Gasteiger partial charge in [0.15, 0.2) is 10.8 Å². The zero-order chi connectivity index (χ0) is 22.7. The van der Waals surface area contributed by atoms with Crippen LogP contribution in [0.4, 0.5) is 25.2 Å². The first kappa shape index (κ1) is 22.7. The highest BCUT2D eigenvalue weighted by molar-refractivity contribution is 7.13. The van der Waals surface area contributed by atoms with Gasteiger partial charge in [0.1, 0.15) is 17.7 Å². The molecule has 3 heterocycles. The maximum absolute atomic E-state index is 13.3. The Labute approximate surface area is 187 Å². The zero-order valence-electron chi connectivity index (χ0n) is 17.6. The summed E-state index contributed by atoms with van der Waals surface area (Å²) in [5.74, 6) is -1.57. The van der Waals surface area contributed by atoms with Crippen molar-refractivity contribution in [3.05, 3.63) is 17.1 Å². The van der Waals surface area contributed by atoms with Gasteiger partial charge in [0, 0.05) is 37.4 Å². The number of rotatable bonds is 5. The van der Waals surface area contributed by atoms with E-state index in [2.05, 4.69) is 20.3 Å². The molecule has 0 bridgehead atoms. The van der Waals surface area contributed by atoms with Gasteiger partial charge in [-0.15, -0.1) is 11.3 Å². The van der Waals surface area contributed by atoms with Gasteiger partial charge in [0.2, 0.25) is 5.92 Å². The molecular weight excluding hydrogens is 444 g/mol. The minimum Gasteiger partial charge on any atom is -0.446 e. The van der Waals surface area contributed by atoms with Gasteiger partial charge in [-0.1, -0.05) is 0 Å². The minimum absolute atomic E-state index is 0.121. The number of aliphatic hydroxyl groups is 1. The van der Waals surface area contributed by atoms with Crippen LogP contribution in [0.3, 0.4) is 0 Å². The predicted molar refractivity (Wildman–Crippen MR) is 114 cm³/mol. The van der Waals surface area contributed by atoms with E-state index < -0.39 is 24.2 Å². The van der Waals surface area contributed by atoms with Crippen LogP contribution >= 0.6 is 11.3 Å². The van der Waals surface area contributed by atoms with Gasteiger partial charge in [0.05, 0.1) is 25.0 Å². The van der Waals surface area contributed by atoms with Crippen LogP contribution in [0.2, 0.25) is 0 Å². The Morgan fingerprint density at radius 1 is 1.31 bits per heavy atom. The minimum atomic E-state index is -2.69.